The van der Waals surface area contributed by atoms with Crippen LogP contribution in [0.3, 0.4) is 0 Å². The highest BCUT2D eigenvalue weighted by Gasteiger charge is 2.59. The summed E-state index contributed by atoms with van der Waals surface area (Å²) < 4.78 is 0.229. The molecule has 0 radical (unpaired) electrons. The van der Waals surface area contributed by atoms with Gasteiger partial charge in [-0.2, -0.15) is 0 Å². The van der Waals surface area contributed by atoms with E-state index in [2.05, 4.69) is 26.2 Å². The van der Waals surface area contributed by atoms with Gasteiger partial charge in [0.2, 0.25) is 5.91 Å². The van der Waals surface area contributed by atoms with Crippen molar-refractivity contribution >= 4 is 27.5 Å². The van der Waals surface area contributed by atoms with Gasteiger partial charge in [-0.15, -0.1) is 0 Å². The maximum atomic E-state index is 12.9. The molecule has 1 aromatic heterocycles. The van der Waals surface area contributed by atoms with Crippen molar-refractivity contribution in [2.24, 2.45) is 17.3 Å². The van der Waals surface area contributed by atoms with Gasteiger partial charge in [0.1, 0.15) is 0 Å². The third-order valence-corrected chi connectivity index (χ3v) is 6.34. The molecule has 4 fully saturated rings. The molecular weight excluding hydrogens is 316 g/mol. The molecule has 0 spiro atoms. The summed E-state index contributed by atoms with van der Waals surface area (Å²) in [6.45, 7) is 0. The Labute approximate surface area is 127 Å². The fraction of sp³-hybridized carbons (Fsp3) is 0.625. The predicted molar refractivity (Wildman–Crippen MR) is 81.6 cm³/mol. The lowest BCUT2D eigenvalue weighted by Gasteiger charge is -2.59. The van der Waals surface area contributed by atoms with Crippen LogP contribution in [0.2, 0.25) is 0 Å². The molecule has 4 bridgehead atoms. The molecule has 0 aromatic carbocycles. The molecule has 4 heteroatoms. The van der Waals surface area contributed by atoms with Crippen LogP contribution in [-0.4, -0.2) is 15.2 Å². The topological polar surface area (TPSA) is 42.0 Å². The second-order valence-electron chi connectivity index (χ2n) is 7.08. The van der Waals surface area contributed by atoms with Crippen molar-refractivity contribution < 1.29 is 4.79 Å². The zero-order valence-electron chi connectivity index (χ0n) is 11.4. The van der Waals surface area contributed by atoms with E-state index in [1.54, 1.807) is 12.4 Å². The highest BCUT2D eigenvalue weighted by atomic mass is 79.9. The molecule has 106 valence electrons. The normalized spacial score (nSPS) is 41.6. The molecule has 1 heterocycles. The summed E-state index contributed by atoms with van der Waals surface area (Å²) in [4.78, 5) is 16.9. The van der Waals surface area contributed by atoms with E-state index in [4.69, 9.17) is 0 Å². The van der Waals surface area contributed by atoms with Gasteiger partial charge in [-0.05, 0) is 62.5 Å². The van der Waals surface area contributed by atoms with Crippen LogP contribution in [0.15, 0.2) is 24.5 Å². The van der Waals surface area contributed by atoms with Crippen LogP contribution in [0.4, 0.5) is 5.69 Å². The van der Waals surface area contributed by atoms with Crippen LogP contribution < -0.4 is 5.32 Å². The number of amides is 1. The molecule has 20 heavy (non-hydrogen) atoms. The molecule has 4 aliphatic rings. The standard InChI is InChI=1S/C16H19BrN2O/c17-16-8-11-5-12(9-16)7-15(6-11,10-16)14(20)19-13-1-3-18-4-2-13/h1-4,11-12H,5-10H2,(H,18,19,20). The molecule has 1 aromatic rings. The smallest absolute Gasteiger partial charge is 0.230 e. The lowest BCUT2D eigenvalue weighted by molar-refractivity contribution is -0.138. The third kappa shape index (κ3) is 2.00. The van der Waals surface area contributed by atoms with E-state index in [1.807, 2.05) is 12.1 Å². The highest BCUT2D eigenvalue weighted by molar-refractivity contribution is 9.10. The van der Waals surface area contributed by atoms with E-state index in [0.29, 0.717) is 0 Å². The second kappa shape index (κ2) is 4.30. The van der Waals surface area contributed by atoms with E-state index in [0.717, 1.165) is 36.8 Å². The van der Waals surface area contributed by atoms with Crippen molar-refractivity contribution in [1.82, 2.24) is 4.98 Å². The Hall–Kier alpha value is -0.900. The van der Waals surface area contributed by atoms with Crippen molar-refractivity contribution in [2.45, 2.75) is 42.8 Å². The third-order valence-electron chi connectivity index (χ3n) is 5.41. The molecule has 4 aliphatic carbocycles. The summed E-state index contributed by atoms with van der Waals surface area (Å²) in [6, 6.07) is 3.73. The molecule has 1 N–H and O–H groups in total. The minimum atomic E-state index is -0.142. The number of rotatable bonds is 2. The first kappa shape index (κ1) is 12.8. The lowest BCUT2D eigenvalue weighted by Crippen LogP contribution is -2.57. The number of hydrogen-bond acceptors (Lipinski definition) is 2. The Morgan fingerprint density at radius 1 is 1.20 bits per heavy atom. The maximum absolute atomic E-state index is 12.9. The van der Waals surface area contributed by atoms with Gasteiger partial charge in [-0.25, -0.2) is 0 Å². The number of nitrogens with zero attached hydrogens (tertiary/aromatic N) is 1. The second-order valence-corrected chi connectivity index (χ2v) is 8.76. The predicted octanol–water partition coefficient (Wildman–Crippen LogP) is 3.75. The van der Waals surface area contributed by atoms with Gasteiger partial charge in [0.05, 0.1) is 5.41 Å². The first-order chi connectivity index (χ1) is 9.57. The fourth-order valence-electron chi connectivity index (χ4n) is 5.12. The number of pyridine rings is 1. The van der Waals surface area contributed by atoms with Crippen LogP contribution in [-0.2, 0) is 4.79 Å². The number of carbonyl (C=O) groups is 1. The zero-order valence-corrected chi connectivity index (χ0v) is 13.0. The van der Waals surface area contributed by atoms with Gasteiger partial charge >= 0.3 is 0 Å². The largest absolute Gasteiger partial charge is 0.325 e. The van der Waals surface area contributed by atoms with Crippen LogP contribution >= 0.6 is 15.9 Å². The summed E-state index contributed by atoms with van der Waals surface area (Å²) in [7, 11) is 0. The number of carbonyl (C=O) groups excluding carboxylic acids is 1. The van der Waals surface area contributed by atoms with Crippen molar-refractivity contribution in [3.05, 3.63) is 24.5 Å². The van der Waals surface area contributed by atoms with E-state index in [-0.39, 0.29) is 15.6 Å². The molecule has 2 unspecified atom stereocenters. The van der Waals surface area contributed by atoms with Crippen molar-refractivity contribution in [1.29, 1.82) is 0 Å². The quantitative estimate of drug-likeness (QED) is 0.837. The number of aromatic nitrogens is 1. The highest BCUT2D eigenvalue weighted by Crippen LogP contribution is 2.64. The minimum Gasteiger partial charge on any atom is -0.325 e. The number of hydrogen-bond donors (Lipinski definition) is 1. The molecule has 3 nitrogen and oxygen atoms in total. The molecule has 5 rings (SSSR count). The van der Waals surface area contributed by atoms with Crippen LogP contribution in [0, 0.1) is 17.3 Å². The molecule has 1 amide bonds. The van der Waals surface area contributed by atoms with Gasteiger partial charge in [-0.1, -0.05) is 15.9 Å². The van der Waals surface area contributed by atoms with Crippen molar-refractivity contribution in [3.63, 3.8) is 0 Å². The van der Waals surface area contributed by atoms with Gasteiger partial charge in [0, 0.05) is 22.4 Å². The average molecular weight is 335 g/mol. The summed E-state index contributed by atoms with van der Waals surface area (Å²) in [5, 5.41) is 3.12. The Morgan fingerprint density at radius 3 is 2.45 bits per heavy atom. The van der Waals surface area contributed by atoms with Crippen LogP contribution in [0.1, 0.15) is 38.5 Å². The summed E-state index contributed by atoms with van der Waals surface area (Å²) in [5.74, 6) is 1.69. The van der Waals surface area contributed by atoms with E-state index < -0.39 is 0 Å². The number of halogens is 1. The lowest BCUT2D eigenvalue weighted by atomic mass is 9.49. The first-order valence-corrected chi connectivity index (χ1v) is 8.27. The molecule has 4 saturated carbocycles. The maximum Gasteiger partial charge on any atom is 0.230 e. The summed E-state index contributed by atoms with van der Waals surface area (Å²) in [6.07, 6.45) is 10.5. The van der Waals surface area contributed by atoms with Gasteiger partial charge in [0.15, 0.2) is 0 Å². The Bertz CT molecular complexity index is 531. The SMILES string of the molecule is O=C(Nc1ccncc1)C12CC3CC(CC(Br)(C3)C1)C2. The average Bonchev–Trinajstić information content (AvgIpc) is 2.37. The van der Waals surface area contributed by atoms with Gasteiger partial charge in [0.25, 0.3) is 0 Å². The Morgan fingerprint density at radius 2 is 1.85 bits per heavy atom. The minimum absolute atomic E-state index is 0.142. The summed E-state index contributed by atoms with van der Waals surface area (Å²) in [5.41, 5.74) is 0.723. The van der Waals surface area contributed by atoms with Gasteiger partial charge < -0.3 is 5.32 Å². The van der Waals surface area contributed by atoms with Crippen LogP contribution in [0.5, 0.6) is 0 Å². The molecule has 0 saturated heterocycles. The van der Waals surface area contributed by atoms with Crippen molar-refractivity contribution in [2.75, 3.05) is 5.32 Å². The molecular formula is C16H19BrN2O. The molecule has 2 atom stereocenters. The number of alkyl halides is 1. The summed E-state index contributed by atoms with van der Waals surface area (Å²) >= 11 is 3.96. The zero-order chi connectivity index (χ0) is 13.8. The Balaban J connectivity index is 1.60. The number of nitrogens with one attached hydrogen (secondary N) is 1. The van der Waals surface area contributed by atoms with E-state index >= 15 is 0 Å². The monoisotopic (exact) mass is 334 g/mol. The van der Waals surface area contributed by atoms with E-state index in [9.17, 15) is 4.79 Å². The van der Waals surface area contributed by atoms with E-state index in [1.165, 1.54) is 19.3 Å². The Kier molecular flexibility index (Phi) is 2.75. The van der Waals surface area contributed by atoms with Crippen molar-refractivity contribution in [3.8, 4) is 0 Å². The van der Waals surface area contributed by atoms with Gasteiger partial charge in [-0.3, -0.25) is 9.78 Å². The fourth-order valence-corrected chi connectivity index (χ4v) is 6.57. The van der Waals surface area contributed by atoms with Crippen LogP contribution in [0.25, 0.3) is 0 Å². The molecule has 0 aliphatic heterocycles. The first-order valence-electron chi connectivity index (χ1n) is 7.47. The number of anilines is 1.